The highest BCUT2D eigenvalue weighted by molar-refractivity contribution is 7.98. The molecule has 1 aliphatic carbocycles. The monoisotopic (exact) mass is 466 g/mol. The summed E-state index contributed by atoms with van der Waals surface area (Å²) in [6.07, 6.45) is 1.18. The number of rotatable bonds is 4. The van der Waals surface area contributed by atoms with Crippen molar-refractivity contribution >= 4 is 35.1 Å². The summed E-state index contributed by atoms with van der Waals surface area (Å²) in [6, 6.07) is 14.3. The number of halogens is 1. The number of carbonyl (C=O) groups is 1. The van der Waals surface area contributed by atoms with Crippen LogP contribution in [0.5, 0.6) is 5.75 Å². The topological polar surface area (TPSA) is 80.0 Å². The van der Waals surface area contributed by atoms with E-state index in [-0.39, 0.29) is 16.9 Å². The lowest BCUT2D eigenvalue weighted by molar-refractivity contribution is -0.118. The van der Waals surface area contributed by atoms with Crippen LogP contribution in [0.25, 0.3) is 0 Å². The number of benzene rings is 2. The molecule has 2 aliphatic rings. The van der Waals surface area contributed by atoms with Crippen LogP contribution in [-0.2, 0) is 10.5 Å². The van der Waals surface area contributed by atoms with Gasteiger partial charge >= 0.3 is 0 Å². The Bertz CT molecular complexity index is 1250. The number of hydrogen-bond donors (Lipinski definition) is 2. The molecule has 1 atom stereocenters. The molecule has 3 aromatic rings. The number of nitrogens with one attached hydrogen (secondary N) is 1. The van der Waals surface area contributed by atoms with Crippen LogP contribution in [0.15, 0.2) is 65.0 Å². The van der Waals surface area contributed by atoms with Gasteiger partial charge in [-0.15, -0.1) is 5.10 Å². The fourth-order valence-electron chi connectivity index (χ4n) is 4.41. The third-order valence-corrected chi connectivity index (χ3v) is 7.11. The summed E-state index contributed by atoms with van der Waals surface area (Å²) in [6.45, 7) is 4.19. The summed E-state index contributed by atoms with van der Waals surface area (Å²) >= 11 is 7.78. The van der Waals surface area contributed by atoms with Gasteiger partial charge < -0.3 is 10.4 Å². The maximum Gasteiger partial charge on any atom is 0.227 e. The Balaban J connectivity index is 1.55. The van der Waals surface area contributed by atoms with Gasteiger partial charge in [0.05, 0.1) is 0 Å². The van der Waals surface area contributed by atoms with Gasteiger partial charge in [0.2, 0.25) is 11.1 Å². The molecule has 1 aliphatic heterocycles. The van der Waals surface area contributed by atoms with Crippen molar-refractivity contribution in [2.24, 2.45) is 5.41 Å². The first-order chi connectivity index (χ1) is 15.3. The molecule has 32 heavy (non-hydrogen) atoms. The Kier molecular flexibility index (Phi) is 5.26. The van der Waals surface area contributed by atoms with Gasteiger partial charge in [-0.3, -0.25) is 4.79 Å². The van der Waals surface area contributed by atoms with Gasteiger partial charge in [-0.25, -0.2) is 4.68 Å². The van der Waals surface area contributed by atoms with Crippen LogP contribution in [0.2, 0.25) is 5.02 Å². The van der Waals surface area contributed by atoms with Crippen molar-refractivity contribution in [3.63, 3.8) is 0 Å². The Morgan fingerprint density at radius 3 is 2.72 bits per heavy atom. The molecule has 0 saturated carbocycles. The number of para-hydroxylation sites is 1. The van der Waals surface area contributed by atoms with Crippen molar-refractivity contribution in [1.82, 2.24) is 14.8 Å². The van der Waals surface area contributed by atoms with Crippen molar-refractivity contribution in [1.29, 1.82) is 0 Å². The van der Waals surface area contributed by atoms with Crippen molar-refractivity contribution in [3.05, 3.63) is 76.0 Å². The summed E-state index contributed by atoms with van der Waals surface area (Å²) in [5, 5.41) is 20.0. The number of nitrogens with zero attached hydrogens (tertiary/aromatic N) is 3. The second-order valence-corrected chi connectivity index (χ2v) is 10.3. The zero-order valence-corrected chi connectivity index (χ0v) is 19.4. The zero-order chi connectivity index (χ0) is 22.5. The summed E-state index contributed by atoms with van der Waals surface area (Å²) in [5.41, 5.74) is 3.03. The molecule has 2 heterocycles. The number of anilines is 1. The number of ketones is 1. The number of carbonyl (C=O) groups excluding carboxylic acids is 1. The van der Waals surface area contributed by atoms with Crippen LogP contribution < -0.4 is 5.32 Å². The van der Waals surface area contributed by atoms with Crippen LogP contribution >= 0.6 is 23.4 Å². The third-order valence-electron chi connectivity index (χ3n) is 5.86. The van der Waals surface area contributed by atoms with Gasteiger partial charge in [-0.1, -0.05) is 73.6 Å². The Morgan fingerprint density at radius 2 is 1.94 bits per heavy atom. The first-order valence-electron chi connectivity index (χ1n) is 10.5. The summed E-state index contributed by atoms with van der Waals surface area (Å²) in [5.74, 6) is 1.41. The highest BCUT2D eigenvalue weighted by atomic mass is 35.5. The van der Waals surface area contributed by atoms with Crippen LogP contribution in [0.4, 0.5) is 5.95 Å². The lowest BCUT2D eigenvalue weighted by atomic mass is 9.73. The van der Waals surface area contributed by atoms with E-state index in [0.29, 0.717) is 39.4 Å². The molecule has 0 radical (unpaired) electrons. The average molecular weight is 467 g/mol. The molecular formula is C24H23ClN4O2S. The largest absolute Gasteiger partial charge is 0.508 e. The Labute approximate surface area is 195 Å². The molecule has 0 amide bonds. The van der Waals surface area contributed by atoms with E-state index in [4.69, 9.17) is 21.7 Å². The Hall–Kier alpha value is -2.77. The fraction of sp³-hybridized carbons (Fsp3) is 0.292. The highest BCUT2D eigenvalue weighted by Crippen LogP contribution is 2.47. The quantitative estimate of drug-likeness (QED) is 0.488. The predicted octanol–water partition coefficient (Wildman–Crippen LogP) is 5.59. The number of fused-ring (bicyclic) bond motifs is 1. The lowest BCUT2D eigenvalue weighted by Crippen LogP contribution is -2.36. The van der Waals surface area contributed by atoms with Gasteiger partial charge in [0.25, 0.3) is 0 Å². The smallest absolute Gasteiger partial charge is 0.227 e. The lowest BCUT2D eigenvalue weighted by Gasteiger charge is -2.38. The number of aromatic nitrogens is 3. The SMILES string of the molecule is CC1(C)CC(=O)C2=C(C1)Nc1nc(SCc3ccccc3Cl)nn1C2c1ccccc1O. The van der Waals surface area contributed by atoms with Crippen LogP contribution in [0.1, 0.15) is 43.9 Å². The van der Waals surface area contributed by atoms with Crippen molar-refractivity contribution in [2.75, 3.05) is 5.32 Å². The second-order valence-electron chi connectivity index (χ2n) is 8.96. The number of phenolic OH excluding ortho intramolecular Hbond substituents is 1. The molecule has 0 spiro atoms. The minimum absolute atomic E-state index is 0.0726. The fourth-order valence-corrected chi connectivity index (χ4v) is 5.53. The Morgan fingerprint density at radius 1 is 1.19 bits per heavy atom. The van der Waals surface area contributed by atoms with Gasteiger partial charge in [0, 0.05) is 34.0 Å². The maximum absolute atomic E-state index is 13.2. The molecule has 5 rings (SSSR count). The van der Waals surface area contributed by atoms with Gasteiger partial charge in [0.15, 0.2) is 5.78 Å². The molecule has 1 aromatic heterocycles. The molecule has 164 valence electrons. The van der Waals surface area contributed by atoms with E-state index in [1.807, 2.05) is 36.4 Å². The summed E-state index contributed by atoms with van der Waals surface area (Å²) < 4.78 is 1.72. The zero-order valence-electron chi connectivity index (χ0n) is 17.8. The molecule has 6 nitrogen and oxygen atoms in total. The normalized spacial score (nSPS) is 19.3. The second kappa shape index (κ2) is 7.98. The van der Waals surface area contributed by atoms with E-state index in [9.17, 15) is 9.90 Å². The predicted molar refractivity (Wildman–Crippen MR) is 126 cm³/mol. The van der Waals surface area contributed by atoms with Crippen molar-refractivity contribution < 1.29 is 9.90 Å². The number of aromatic hydroxyl groups is 1. The standard InChI is InChI=1S/C24H23ClN4O2S/c1-24(2)11-17-20(19(31)12-24)21(15-8-4-6-10-18(15)30)29-22(26-17)27-23(28-29)32-13-14-7-3-5-9-16(14)25/h3-10,21,30H,11-13H2,1-2H3,(H,26,27,28). The number of phenols is 1. The van der Waals surface area contributed by atoms with E-state index >= 15 is 0 Å². The van der Waals surface area contributed by atoms with Gasteiger partial charge in [0.1, 0.15) is 11.8 Å². The number of allylic oxidation sites excluding steroid dienone is 2. The molecule has 2 aromatic carbocycles. The van der Waals surface area contributed by atoms with Crippen LogP contribution in [0, 0.1) is 5.41 Å². The molecule has 2 N–H and O–H groups in total. The van der Waals surface area contributed by atoms with Crippen LogP contribution in [-0.4, -0.2) is 25.7 Å². The molecule has 0 fully saturated rings. The molecule has 8 heteroatoms. The summed E-state index contributed by atoms with van der Waals surface area (Å²) in [7, 11) is 0. The number of thioether (sulfide) groups is 1. The molecule has 0 bridgehead atoms. The van der Waals surface area contributed by atoms with Gasteiger partial charge in [-0.2, -0.15) is 4.98 Å². The average Bonchev–Trinajstić information content (AvgIpc) is 3.14. The van der Waals surface area contributed by atoms with E-state index < -0.39 is 6.04 Å². The first kappa shape index (κ1) is 21.1. The van der Waals surface area contributed by atoms with Crippen molar-refractivity contribution in [3.8, 4) is 5.75 Å². The molecular weight excluding hydrogens is 444 g/mol. The van der Waals surface area contributed by atoms with Crippen molar-refractivity contribution in [2.45, 2.75) is 43.6 Å². The minimum Gasteiger partial charge on any atom is -0.508 e. The third kappa shape index (κ3) is 3.80. The molecule has 0 saturated heterocycles. The summed E-state index contributed by atoms with van der Waals surface area (Å²) in [4.78, 5) is 17.9. The van der Waals surface area contributed by atoms with Crippen LogP contribution in [0.3, 0.4) is 0 Å². The number of Topliss-reactive ketones (excluding diaryl/α,β-unsaturated/α-hetero) is 1. The first-order valence-corrected chi connectivity index (χ1v) is 11.8. The van der Waals surface area contributed by atoms with E-state index in [0.717, 1.165) is 17.7 Å². The molecule has 1 unspecified atom stereocenters. The maximum atomic E-state index is 13.2. The van der Waals surface area contributed by atoms with E-state index in [2.05, 4.69) is 19.2 Å². The van der Waals surface area contributed by atoms with Gasteiger partial charge in [-0.05, 0) is 29.5 Å². The number of hydrogen-bond acceptors (Lipinski definition) is 6. The minimum atomic E-state index is -0.520. The van der Waals surface area contributed by atoms with E-state index in [1.165, 1.54) is 11.8 Å². The highest BCUT2D eigenvalue weighted by Gasteiger charge is 2.42. The van der Waals surface area contributed by atoms with E-state index in [1.54, 1.807) is 16.8 Å².